The van der Waals surface area contributed by atoms with Gasteiger partial charge in [-0.3, -0.25) is 9.78 Å². The molecular formula is C13H15BrN4O2. The van der Waals surface area contributed by atoms with E-state index in [1.807, 2.05) is 25.1 Å². The molecule has 20 heavy (non-hydrogen) atoms. The van der Waals surface area contributed by atoms with Gasteiger partial charge in [0.15, 0.2) is 0 Å². The largest absolute Gasteiger partial charge is 0.394 e. The highest BCUT2D eigenvalue weighted by Crippen LogP contribution is 2.21. The molecule has 0 aromatic carbocycles. The van der Waals surface area contributed by atoms with Crippen LogP contribution in [0.2, 0.25) is 0 Å². The van der Waals surface area contributed by atoms with Crippen LogP contribution < -0.4 is 10.9 Å². The number of aliphatic hydroxyl groups is 1. The highest BCUT2D eigenvalue weighted by atomic mass is 79.9. The lowest BCUT2D eigenvalue weighted by Crippen LogP contribution is -2.26. The van der Waals surface area contributed by atoms with E-state index in [1.165, 1.54) is 4.68 Å². The van der Waals surface area contributed by atoms with Crippen LogP contribution in [-0.2, 0) is 6.54 Å². The SMILES string of the molecule is CC(Nc1cnn(CCO)c(=O)c1Br)c1ccccn1. The van der Waals surface area contributed by atoms with Gasteiger partial charge in [-0.15, -0.1) is 0 Å². The molecule has 0 spiro atoms. The number of pyridine rings is 1. The van der Waals surface area contributed by atoms with E-state index in [0.717, 1.165) is 5.69 Å². The van der Waals surface area contributed by atoms with Crippen LogP contribution in [0.25, 0.3) is 0 Å². The molecule has 1 unspecified atom stereocenters. The molecule has 2 aromatic rings. The molecule has 2 rings (SSSR count). The average Bonchev–Trinajstić information content (AvgIpc) is 2.48. The van der Waals surface area contributed by atoms with Crippen LogP contribution >= 0.6 is 15.9 Å². The van der Waals surface area contributed by atoms with Crippen LogP contribution in [-0.4, -0.2) is 26.5 Å². The number of hydrogen-bond acceptors (Lipinski definition) is 5. The lowest BCUT2D eigenvalue weighted by atomic mass is 10.2. The Kier molecular flexibility index (Phi) is 4.86. The Morgan fingerprint density at radius 1 is 1.50 bits per heavy atom. The quantitative estimate of drug-likeness (QED) is 0.864. The van der Waals surface area contributed by atoms with Crippen LogP contribution in [0.3, 0.4) is 0 Å². The lowest BCUT2D eigenvalue weighted by Gasteiger charge is -2.16. The number of nitrogens with one attached hydrogen (secondary N) is 1. The standard InChI is InChI=1S/C13H15BrN4O2/c1-9(10-4-2-3-5-15-10)17-11-8-16-18(6-7-19)13(20)12(11)14/h2-5,8-9,17,19H,6-7H2,1H3. The molecule has 0 aliphatic heterocycles. The van der Waals surface area contributed by atoms with E-state index < -0.39 is 0 Å². The molecule has 0 radical (unpaired) electrons. The summed E-state index contributed by atoms with van der Waals surface area (Å²) in [5, 5.41) is 16.1. The second-order valence-corrected chi connectivity index (χ2v) is 5.04. The Balaban J connectivity index is 2.22. The Morgan fingerprint density at radius 3 is 2.95 bits per heavy atom. The first-order chi connectivity index (χ1) is 9.63. The van der Waals surface area contributed by atoms with E-state index in [1.54, 1.807) is 12.4 Å². The molecule has 0 amide bonds. The molecule has 1 atom stereocenters. The average molecular weight is 339 g/mol. The summed E-state index contributed by atoms with van der Waals surface area (Å²) in [6.07, 6.45) is 3.28. The number of halogens is 1. The fourth-order valence-electron chi connectivity index (χ4n) is 1.76. The highest BCUT2D eigenvalue weighted by Gasteiger charge is 2.12. The molecule has 6 nitrogen and oxygen atoms in total. The predicted octanol–water partition coefficient (Wildman–Crippen LogP) is 1.57. The highest BCUT2D eigenvalue weighted by molar-refractivity contribution is 9.10. The molecule has 2 aromatic heterocycles. The van der Waals surface area contributed by atoms with Gasteiger partial charge in [0.2, 0.25) is 0 Å². The van der Waals surface area contributed by atoms with Gasteiger partial charge >= 0.3 is 0 Å². The molecule has 106 valence electrons. The third-order valence-corrected chi connectivity index (χ3v) is 3.57. The number of aromatic nitrogens is 3. The van der Waals surface area contributed by atoms with Gasteiger partial charge < -0.3 is 10.4 Å². The Bertz CT molecular complexity index is 630. The molecule has 0 aliphatic rings. The number of hydrogen-bond donors (Lipinski definition) is 2. The smallest absolute Gasteiger partial charge is 0.283 e. The lowest BCUT2D eigenvalue weighted by molar-refractivity contribution is 0.266. The predicted molar refractivity (Wildman–Crippen MR) is 79.6 cm³/mol. The normalized spacial score (nSPS) is 12.2. The maximum atomic E-state index is 12.0. The first-order valence-electron chi connectivity index (χ1n) is 6.17. The van der Waals surface area contributed by atoms with Gasteiger partial charge in [0.05, 0.1) is 36.8 Å². The monoisotopic (exact) mass is 338 g/mol. The summed E-state index contributed by atoms with van der Waals surface area (Å²) in [7, 11) is 0. The minimum Gasteiger partial charge on any atom is -0.394 e. The molecule has 7 heteroatoms. The van der Waals surface area contributed by atoms with Crippen molar-refractivity contribution in [2.45, 2.75) is 19.5 Å². The van der Waals surface area contributed by atoms with Crippen molar-refractivity contribution < 1.29 is 5.11 Å². The molecule has 2 N–H and O–H groups in total. The van der Waals surface area contributed by atoms with Crippen LogP contribution in [0.1, 0.15) is 18.7 Å². The fraction of sp³-hybridized carbons (Fsp3) is 0.308. The van der Waals surface area contributed by atoms with Gasteiger partial charge in [0.1, 0.15) is 4.47 Å². The van der Waals surface area contributed by atoms with Gasteiger partial charge in [-0.05, 0) is 35.0 Å². The zero-order valence-corrected chi connectivity index (χ0v) is 12.5. The van der Waals surface area contributed by atoms with Gasteiger partial charge in [-0.25, -0.2) is 4.68 Å². The second-order valence-electron chi connectivity index (χ2n) is 4.24. The molecule has 0 aliphatic carbocycles. The number of nitrogens with zero attached hydrogens (tertiary/aromatic N) is 3. The molecular weight excluding hydrogens is 324 g/mol. The summed E-state index contributed by atoms with van der Waals surface area (Å²) in [5.74, 6) is 0. The van der Waals surface area contributed by atoms with E-state index in [-0.39, 0.29) is 24.8 Å². The van der Waals surface area contributed by atoms with Gasteiger partial charge in [-0.2, -0.15) is 5.10 Å². The Morgan fingerprint density at radius 2 is 2.30 bits per heavy atom. The van der Waals surface area contributed by atoms with Crippen molar-refractivity contribution in [1.29, 1.82) is 0 Å². The van der Waals surface area contributed by atoms with Crippen molar-refractivity contribution in [2.24, 2.45) is 0 Å². The van der Waals surface area contributed by atoms with Crippen molar-refractivity contribution in [2.75, 3.05) is 11.9 Å². The summed E-state index contributed by atoms with van der Waals surface area (Å²) in [6.45, 7) is 2.00. The van der Waals surface area contributed by atoms with Crippen molar-refractivity contribution in [3.05, 3.63) is 51.1 Å². The number of anilines is 1. The third-order valence-electron chi connectivity index (χ3n) is 2.80. The molecule has 0 saturated carbocycles. The van der Waals surface area contributed by atoms with Gasteiger partial charge in [0.25, 0.3) is 5.56 Å². The van der Waals surface area contributed by atoms with E-state index >= 15 is 0 Å². The van der Waals surface area contributed by atoms with Gasteiger partial charge in [-0.1, -0.05) is 6.07 Å². The summed E-state index contributed by atoms with van der Waals surface area (Å²) >= 11 is 3.26. The summed E-state index contributed by atoms with van der Waals surface area (Å²) in [4.78, 5) is 16.2. The van der Waals surface area contributed by atoms with Crippen molar-refractivity contribution >= 4 is 21.6 Å². The molecule has 2 heterocycles. The van der Waals surface area contributed by atoms with E-state index in [4.69, 9.17) is 5.11 Å². The second kappa shape index (κ2) is 6.62. The maximum Gasteiger partial charge on any atom is 0.283 e. The molecule has 0 fully saturated rings. The van der Waals surface area contributed by atoms with Crippen molar-refractivity contribution in [1.82, 2.24) is 14.8 Å². The Labute approximate surface area is 124 Å². The van der Waals surface area contributed by atoms with Crippen LogP contribution in [0.15, 0.2) is 39.9 Å². The summed E-state index contributed by atoms with van der Waals surface area (Å²) in [5.41, 5.74) is 1.19. The van der Waals surface area contributed by atoms with Gasteiger partial charge in [0, 0.05) is 6.20 Å². The minimum atomic E-state index is -0.280. The summed E-state index contributed by atoms with van der Waals surface area (Å²) in [6, 6.07) is 5.62. The first kappa shape index (κ1) is 14.7. The van der Waals surface area contributed by atoms with Crippen LogP contribution in [0, 0.1) is 0 Å². The fourth-order valence-corrected chi connectivity index (χ4v) is 2.18. The van der Waals surface area contributed by atoms with Crippen molar-refractivity contribution in [3.8, 4) is 0 Å². The molecule has 0 bridgehead atoms. The van der Waals surface area contributed by atoms with Crippen molar-refractivity contribution in [3.63, 3.8) is 0 Å². The zero-order chi connectivity index (χ0) is 14.5. The minimum absolute atomic E-state index is 0.0533. The van der Waals surface area contributed by atoms with E-state index in [2.05, 4.69) is 31.3 Å². The topological polar surface area (TPSA) is 80.0 Å². The third kappa shape index (κ3) is 3.23. The molecule has 0 saturated heterocycles. The first-order valence-corrected chi connectivity index (χ1v) is 6.96. The Hall–Kier alpha value is -1.73. The zero-order valence-electron chi connectivity index (χ0n) is 11.0. The van der Waals surface area contributed by atoms with E-state index in [9.17, 15) is 4.79 Å². The van der Waals surface area contributed by atoms with Crippen LogP contribution in [0.4, 0.5) is 5.69 Å². The maximum absolute atomic E-state index is 12.0. The summed E-state index contributed by atoms with van der Waals surface area (Å²) < 4.78 is 1.60. The number of aliphatic hydroxyl groups excluding tert-OH is 1. The van der Waals surface area contributed by atoms with Crippen LogP contribution in [0.5, 0.6) is 0 Å². The number of rotatable bonds is 5. The van der Waals surface area contributed by atoms with E-state index in [0.29, 0.717) is 10.2 Å².